The second-order valence-corrected chi connectivity index (χ2v) is 5.18. The molecule has 0 bridgehead atoms. The molecule has 1 saturated heterocycles. The highest BCUT2D eigenvalue weighted by Crippen LogP contribution is 2.43. The third-order valence-electron chi connectivity index (χ3n) is 4.02. The molecule has 1 fully saturated rings. The second-order valence-electron chi connectivity index (χ2n) is 5.18. The van der Waals surface area contributed by atoms with Crippen LogP contribution in [0.15, 0.2) is 42.6 Å². The van der Waals surface area contributed by atoms with Crippen molar-refractivity contribution in [3.05, 3.63) is 48.3 Å². The Morgan fingerprint density at radius 3 is 2.40 bits per heavy atom. The number of ether oxygens (including phenoxy) is 1. The molecule has 1 aliphatic rings. The quantitative estimate of drug-likeness (QED) is 0.804. The number of aromatic nitrogens is 1. The van der Waals surface area contributed by atoms with E-state index in [0.717, 1.165) is 17.1 Å². The number of aryl methyl sites for hydroxylation is 1. The molecule has 104 valence electrons. The van der Waals surface area contributed by atoms with E-state index in [1.165, 1.54) is 0 Å². The van der Waals surface area contributed by atoms with Crippen LogP contribution in [0.4, 0.5) is 5.69 Å². The molecule has 4 heteroatoms. The van der Waals surface area contributed by atoms with Gasteiger partial charge in [0.25, 0.3) is 0 Å². The molecule has 3 rings (SSSR count). The third-order valence-corrected chi connectivity index (χ3v) is 4.02. The first kappa shape index (κ1) is 12.8. The number of methoxy groups -OCH3 is 1. The average molecular weight is 270 g/mol. The summed E-state index contributed by atoms with van der Waals surface area (Å²) >= 11 is 0. The van der Waals surface area contributed by atoms with Crippen LogP contribution < -0.4 is 9.64 Å². The summed E-state index contributed by atoms with van der Waals surface area (Å²) in [5, 5.41) is 0. The van der Waals surface area contributed by atoms with Crippen LogP contribution in [0.5, 0.6) is 5.75 Å². The van der Waals surface area contributed by atoms with Crippen LogP contribution in [0.2, 0.25) is 0 Å². The summed E-state index contributed by atoms with van der Waals surface area (Å²) < 4.78 is 7.23. The maximum absolute atomic E-state index is 12.2. The van der Waals surface area contributed by atoms with Gasteiger partial charge in [0.1, 0.15) is 5.75 Å². The lowest BCUT2D eigenvalue weighted by Gasteiger charge is -2.46. The smallest absolute Gasteiger partial charge is 0.232 e. The molecule has 2 aromatic rings. The van der Waals surface area contributed by atoms with Gasteiger partial charge >= 0.3 is 0 Å². The van der Waals surface area contributed by atoms with Gasteiger partial charge in [0.2, 0.25) is 5.91 Å². The van der Waals surface area contributed by atoms with Crippen molar-refractivity contribution in [2.24, 2.45) is 13.0 Å². The van der Waals surface area contributed by atoms with Crippen molar-refractivity contribution in [2.75, 3.05) is 12.0 Å². The zero-order valence-corrected chi connectivity index (χ0v) is 11.9. The molecule has 20 heavy (non-hydrogen) atoms. The van der Waals surface area contributed by atoms with Crippen molar-refractivity contribution in [3.8, 4) is 5.75 Å². The van der Waals surface area contributed by atoms with Gasteiger partial charge in [-0.3, -0.25) is 4.79 Å². The molecule has 0 aliphatic carbocycles. The maximum Gasteiger partial charge on any atom is 0.232 e. The predicted octanol–water partition coefficient (Wildman–Crippen LogP) is 2.76. The lowest BCUT2D eigenvalue weighted by Crippen LogP contribution is -2.54. The first-order valence-electron chi connectivity index (χ1n) is 6.72. The van der Waals surface area contributed by atoms with Crippen molar-refractivity contribution >= 4 is 11.6 Å². The number of hydrogen-bond acceptors (Lipinski definition) is 2. The van der Waals surface area contributed by atoms with Crippen molar-refractivity contribution < 1.29 is 9.53 Å². The Balaban J connectivity index is 1.94. The van der Waals surface area contributed by atoms with Crippen LogP contribution in [-0.2, 0) is 11.8 Å². The van der Waals surface area contributed by atoms with Crippen molar-refractivity contribution in [1.29, 1.82) is 0 Å². The van der Waals surface area contributed by atoms with E-state index < -0.39 is 0 Å². The monoisotopic (exact) mass is 270 g/mol. The van der Waals surface area contributed by atoms with Crippen LogP contribution in [-0.4, -0.2) is 17.6 Å². The van der Waals surface area contributed by atoms with E-state index in [4.69, 9.17) is 4.74 Å². The zero-order chi connectivity index (χ0) is 14.3. The summed E-state index contributed by atoms with van der Waals surface area (Å²) in [6.07, 6.45) is 2.01. The Kier molecular flexibility index (Phi) is 3.01. The topological polar surface area (TPSA) is 34.5 Å². The Bertz CT molecular complexity index is 630. The minimum atomic E-state index is 0.0192. The molecule has 1 aromatic heterocycles. The summed E-state index contributed by atoms with van der Waals surface area (Å²) in [6, 6.07) is 11.8. The van der Waals surface area contributed by atoms with Crippen LogP contribution in [0.25, 0.3) is 0 Å². The Morgan fingerprint density at radius 2 is 1.85 bits per heavy atom. The number of anilines is 1. The van der Waals surface area contributed by atoms with Crippen molar-refractivity contribution in [3.63, 3.8) is 0 Å². The highest BCUT2D eigenvalue weighted by Gasteiger charge is 2.46. The first-order chi connectivity index (χ1) is 9.63. The number of carbonyl (C=O) groups is 1. The fourth-order valence-electron chi connectivity index (χ4n) is 2.83. The van der Waals surface area contributed by atoms with Gasteiger partial charge in [-0.2, -0.15) is 0 Å². The predicted molar refractivity (Wildman–Crippen MR) is 77.8 cm³/mol. The van der Waals surface area contributed by atoms with Crippen LogP contribution >= 0.6 is 0 Å². The normalized spacial score (nSPS) is 21.8. The SMILES string of the molecule is COc1ccc(N2C(=O)[C@@H](C)[C@H]2c2cccn2C)cc1. The number of amides is 1. The summed E-state index contributed by atoms with van der Waals surface area (Å²) in [4.78, 5) is 14.1. The summed E-state index contributed by atoms with van der Waals surface area (Å²) in [5.74, 6) is 0.984. The van der Waals surface area contributed by atoms with Gasteiger partial charge in [0.05, 0.1) is 19.1 Å². The third kappa shape index (κ3) is 1.80. The van der Waals surface area contributed by atoms with E-state index in [2.05, 4.69) is 10.6 Å². The molecule has 2 heterocycles. The van der Waals surface area contributed by atoms with Crippen molar-refractivity contribution in [1.82, 2.24) is 4.57 Å². The van der Waals surface area contributed by atoms with E-state index in [-0.39, 0.29) is 17.9 Å². The molecule has 2 atom stereocenters. The molecule has 0 radical (unpaired) electrons. The van der Waals surface area contributed by atoms with E-state index in [0.29, 0.717) is 0 Å². The largest absolute Gasteiger partial charge is 0.497 e. The maximum atomic E-state index is 12.2. The van der Waals surface area contributed by atoms with Gasteiger partial charge in [-0.15, -0.1) is 0 Å². The number of benzene rings is 1. The van der Waals surface area contributed by atoms with Crippen LogP contribution in [0.3, 0.4) is 0 Å². The zero-order valence-electron chi connectivity index (χ0n) is 11.9. The number of rotatable bonds is 3. The molecule has 1 amide bonds. The highest BCUT2D eigenvalue weighted by molar-refractivity contribution is 6.02. The fourth-order valence-corrected chi connectivity index (χ4v) is 2.83. The summed E-state index contributed by atoms with van der Waals surface area (Å²) in [7, 11) is 3.65. The standard InChI is InChI=1S/C16H18N2O2/c1-11-15(14-5-4-10-17(14)2)18(16(11)19)12-6-8-13(20-3)9-7-12/h4-11,15H,1-3H3/t11-,15-/m0/s1. The molecule has 0 saturated carbocycles. The lowest BCUT2D eigenvalue weighted by molar-refractivity contribution is -0.129. The first-order valence-corrected chi connectivity index (χ1v) is 6.72. The molecule has 0 spiro atoms. The molecular weight excluding hydrogens is 252 g/mol. The Morgan fingerprint density at radius 1 is 1.15 bits per heavy atom. The van der Waals surface area contributed by atoms with Gasteiger partial charge in [-0.1, -0.05) is 6.92 Å². The molecule has 1 aromatic carbocycles. The Hall–Kier alpha value is -2.23. The summed E-state index contributed by atoms with van der Waals surface area (Å²) in [6.45, 7) is 1.99. The van der Waals surface area contributed by atoms with Gasteiger partial charge < -0.3 is 14.2 Å². The Labute approximate surface area is 118 Å². The van der Waals surface area contributed by atoms with Gasteiger partial charge in [0.15, 0.2) is 0 Å². The molecular formula is C16H18N2O2. The number of carbonyl (C=O) groups excluding carboxylic acids is 1. The van der Waals surface area contributed by atoms with Crippen molar-refractivity contribution in [2.45, 2.75) is 13.0 Å². The van der Waals surface area contributed by atoms with E-state index in [1.54, 1.807) is 7.11 Å². The fraction of sp³-hybridized carbons (Fsp3) is 0.312. The minimum Gasteiger partial charge on any atom is -0.497 e. The molecule has 1 aliphatic heterocycles. The van der Waals surface area contributed by atoms with Crippen LogP contribution in [0.1, 0.15) is 18.7 Å². The van der Waals surface area contributed by atoms with E-state index >= 15 is 0 Å². The van der Waals surface area contributed by atoms with Gasteiger partial charge in [-0.25, -0.2) is 0 Å². The number of β-lactam (4-membered cyclic amide) rings is 1. The van der Waals surface area contributed by atoms with Crippen LogP contribution in [0, 0.1) is 5.92 Å². The molecule has 0 unspecified atom stereocenters. The highest BCUT2D eigenvalue weighted by atomic mass is 16.5. The van der Waals surface area contributed by atoms with Gasteiger partial charge in [-0.05, 0) is 36.4 Å². The minimum absolute atomic E-state index is 0.0192. The number of nitrogens with zero attached hydrogens (tertiary/aromatic N) is 2. The van der Waals surface area contributed by atoms with Gasteiger partial charge in [0, 0.05) is 24.6 Å². The van der Waals surface area contributed by atoms with E-state index in [1.807, 2.05) is 55.4 Å². The second kappa shape index (κ2) is 4.71. The van der Waals surface area contributed by atoms with E-state index in [9.17, 15) is 4.79 Å². The lowest BCUT2D eigenvalue weighted by atomic mass is 9.86. The average Bonchev–Trinajstić information content (AvgIpc) is 2.89. The number of hydrogen-bond donors (Lipinski definition) is 0. The summed E-state index contributed by atoms with van der Waals surface area (Å²) in [5.41, 5.74) is 2.08. The molecule has 0 N–H and O–H groups in total. The molecule has 4 nitrogen and oxygen atoms in total.